The molecule has 0 amide bonds. The molecule has 5 heteroatoms. The second-order valence-electron chi connectivity index (χ2n) is 5.21. The van der Waals surface area contributed by atoms with Crippen LogP contribution in [-0.4, -0.2) is 50.2 Å². The minimum atomic E-state index is -0.376. The summed E-state index contributed by atoms with van der Waals surface area (Å²) < 4.78 is 4.81. The number of methoxy groups -OCH3 is 1. The lowest BCUT2D eigenvalue weighted by Gasteiger charge is -2.35. The third-order valence-electron chi connectivity index (χ3n) is 3.40. The largest absolute Gasteiger partial charge is 0.469 e. The van der Waals surface area contributed by atoms with E-state index in [9.17, 15) is 4.79 Å². The van der Waals surface area contributed by atoms with Crippen molar-refractivity contribution in [2.75, 3.05) is 33.3 Å². The summed E-state index contributed by atoms with van der Waals surface area (Å²) >= 11 is 0. The molecule has 1 heterocycles. The number of rotatable bonds is 4. The van der Waals surface area contributed by atoms with Gasteiger partial charge in [0.25, 0.3) is 0 Å². The van der Waals surface area contributed by atoms with Gasteiger partial charge < -0.3 is 10.1 Å². The molecule has 4 nitrogen and oxygen atoms in total. The Balaban J connectivity index is 0.00000256. The van der Waals surface area contributed by atoms with Gasteiger partial charge in [-0.15, -0.1) is 12.4 Å². The summed E-state index contributed by atoms with van der Waals surface area (Å²) in [5.41, 5.74) is -0.376. The molecule has 1 atom stereocenters. The Morgan fingerprint density at radius 2 is 2.18 bits per heavy atom. The Morgan fingerprint density at radius 3 is 2.71 bits per heavy atom. The summed E-state index contributed by atoms with van der Waals surface area (Å²) in [7, 11) is 1.46. The molecule has 1 rings (SSSR count). The van der Waals surface area contributed by atoms with Crippen molar-refractivity contribution in [2.45, 2.75) is 33.2 Å². The molecule has 102 valence electrons. The highest BCUT2D eigenvalue weighted by Crippen LogP contribution is 2.23. The number of piperazine rings is 1. The van der Waals surface area contributed by atoms with E-state index in [2.05, 4.69) is 17.1 Å². The fraction of sp³-hybridized carbons (Fsp3) is 0.917. The van der Waals surface area contributed by atoms with E-state index in [1.807, 2.05) is 13.8 Å². The van der Waals surface area contributed by atoms with Gasteiger partial charge in [0.05, 0.1) is 12.5 Å². The number of hydrogen-bond donors (Lipinski definition) is 1. The lowest BCUT2D eigenvalue weighted by molar-refractivity contribution is -0.151. The Hall–Kier alpha value is -0.320. The number of carbonyl (C=O) groups excluding carboxylic acids is 1. The standard InChI is InChI=1S/C12H24N2O2.ClH/c1-10-9-13-6-8-14(10)7-5-12(2,3)11(15)16-4;/h10,13H,5-9H2,1-4H3;1H. The lowest BCUT2D eigenvalue weighted by Crippen LogP contribution is -2.50. The van der Waals surface area contributed by atoms with Crippen molar-refractivity contribution in [2.24, 2.45) is 5.41 Å². The van der Waals surface area contributed by atoms with Crippen molar-refractivity contribution in [3.63, 3.8) is 0 Å². The Morgan fingerprint density at radius 1 is 1.53 bits per heavy atom. The minimum Gasteiger partial charge on any atom is -0.469 e. The van der Waals surface area contributed by atoms with Gasteiger partial charge in [0, 0.05) is 25.7 Å². The number of carbonyl (C=O) groups is 1. The molecule has 17 heavy (non-hydrogen) atoms. The van der Waals surface area contributed by atoms with E-state index in [-0.39, 0.29) is 23.8 Å². The molecule has 0 aromatic rings. The molecular formula is C12H25ClN2O2. The molecule has 1 fully saturated rings. The van der Waals surface area contributed by atoms with Gasteiger partial charge in [0.2, 0.25) is 0 Å². The van der Waals surface area contributed by atoms with Crippen molar-refractivity contribution < 1.29 is 9.53 Å². The number of nitrogens with zero attached hydrogens (tertiary/aromatic N) is 1. The molecule has 1 aliphatic heterocycles. The zero-order chi connectivity index (χ0) is 12.2. The van der Waals surface area contributed by atoms with Crippen LogP contribution in [0.2, 0.25) is 0 Å². The van der Waals surface area contributed by atoms with Gasteiger partial charge in [-0.1, -0.05) is 0 Å². The van der Waals surface area contributed by atoms with Crippen LogP contribution in [0.25, 0.3) is 0 Å². The summed E-state index contributed by atoms with van der Waals surface area (Å²) in [5.74, 6) is -0.115. The predicted molar refractivity (Wildman–Crippen MR) is 71.6 cm³/mol. The third-order valence-corrected chi connectivity index (χ3v) is 3.40. The molecule has 0 aliphatic carbocycles. The first kappa shape index (κ1) is 16.7. The number of ether oxygens (including phenoxy) is 1. The van der Waals surface area contributed by atoms with Gasteiger partial charge >= 0.3 is 5.97 Å². The third kappa shape index (κ3) is 4.82. The summed E-state index contributed by atoms with van der Waals surface area (Å²) in [5, 5.41) is 3.36. The number of esters is 1. The summed E-state index contributed by atoms with van der Waals surface area (Å²) in [4.78, 5) is 14.0. The van der Waals surface area contributed by atoms with Gasteiger partial charge in [-0.3, -0.25) is 9.69 Å². The van der Waals surface area contributed by atoms with E-state index in [1.165, 1.54) is 7.11 Å². The second-order valence-corrected chi connectivity index (χ2v) is 5.21. The van der Waals surface area contributed by atoms with Crippen LogP contribution in [0.4, 0.5) is 0 Å². The molecule has 0 bridgehead atoms. The highest BCUT2D eigenvalue weighted by atomic mass is 35.5. The van der Waals surface area contributed by atoms with Crippen LogP contribution >= 0.6 is 12.4 Å². The quantitative estimate of drug-likeness (QED) is 0.777. The van der Waals surface area contributed by atoms with Crippen LogP contribution in [0.5, 0.6) is 0 Å². The zero-order valence-corrected chi connectivity index (χ0v) is 12.1. The maximum Gasteiger partial charge on any atom is 0.311 e. The highest BCUT2D eigenvalue weighted by molar-refractivity contribution is 5.85. The van der Waals surface area contributed by atoms with Crippen LogP contribution in [0.15, 0.2) is 0 Å². The smallest absolute Gasteiger partial charge is 0.311 e. The van der Waals surface area contributed by atoms with Crippen LogP contribution in [0.3, 0.4) is 0 Å². The van der Waals surface area contributed by atoms with E-state index >= 15 is 0 Å². The molecular weight excluding hydrogens is 240 g/mol. The van der Waals surface area contributed by atoms with Crippen molar-refractivity contribution in [1.29, 1.82) is 0 Å². The molecule has 0 saturated carbocycles. The fourth-order valence-corrected chi connectivity index (χ4v) is 2.02. The van der Waals surface area contributed by atoms with E-state index in [1.54, 1.807) is 0 Å². The van der Waals surface area contributed by atoms with E-state index in [0.29, 0.717) is 6.04 Å². The first-order chi connectivity index (χ1) is 7.47. The zero-order valence-electron chi connectivity index (χ0n) is 11.3. The van der Waals surface area contributed by atoms with Gasteiger partial charge in [-0.05, 0) is 33.7 Å². The Labute approximate surface area is 110 Å². The molecule has 0 spiro atoms. The summed E-state index contributed by atoms with van der Waals surface area (Å²) in [6.45, 7) is 10.2. The number of hydrogen-bond acceptors (Lipinski definition) is 4. The van der Waals surface area contributed by atoms with Crippen molar-refractivity contribution >= 4 is 18.4 Å². The van der Waals surface area contributed by atoms with Crippen LogP contribution in [0, 0.1) is 5.41 Å². The van der Waals surface area contributed by atoms with Crippen molar-refractivity contribution in [3.05, 3.63) is 0 Å². The maximum absolute atomic E-state index is 11.5. The fourth-order valence-electron chi connectivity index (χ4n) is 2.02. The van der Waals surface area contributed by atoms with E-state index in [4.69, 9.17) is 4.74 Å². The molecule has 1 unspecified atom stereocenters. The maximum atomic E-state index is 11.5. The Bertz CT molecular complexity index is 247. The average Bonchev–Trinajstić information content (AvgIpc) is 2.27. The van der Waals surface area contributed by atoms with Crippen LogP contribution in [-0.2, 0) is 9.53 Å². The summed E-state index contributed by atoms with van der Waals surface area (Å²) in [6, 6.07) is 0.558. The SMILES string of the molecule is COC(=O)C(C)(C)CCN1CCNCC1C.Cl. The molecule has 0 radical (unpaired) electrons. The second kappa shape index (κ2) is 7.19. The number of nitrogens with one attached hydrogen (secondary N) is 1. The van der Waals surface area contributed by atoms with E-state index < -0.39 is 0 Å². The van der Waals surface area contributed by atoms with Gasteiger partial charge in [-0.25, -0.2) is 0 Å². The molecule has 1 aliphatic rings. The van der Waals surface area contributed by atoms with E-state index in [0.717, 1.165) is 32.6 Å². The highest BCUT2D eigenvalue weighted by Gasteiger charge is 2.30. The van der Waals surface area contributed by atoms with Crippen molar-refractivity contribution in [1.82, 2.24) is 10.2 Å². The molecule has 1 saturated heterocycles. The van der Waals surface area contributed by atoms with Crippen molar-refractivity contribution in [3.8, 4) is 0 Å². The van der Waals surface area contributed by atoms with Crippen LogP contribution < -0.4 is 5.32 Å². The van der Waals surface area contributed by atoms with Crippen LogP contribution in [0.1, 0.15) is 27.2 Å². The first-order valence-corrected chi connectivity index (χ1v) is 6.00. The first-order valence-electron chi connectivity index (χ1n) is 6.00. The number of halogens is 1. The summed E-state index contributed by atoms with van der Waals surface area (Å²) in [6.07, 6.45) is 0.851. The molecule has 0 aromatic carbocycles. The molecule has 0 aromatic heterocycles. The minimum absolute atomic E-state index is 0. The lowest BCUT2D eigenvalue weighted by atomic mass is 9.89. The monoisotopic (exact) mass is 264 g/mol. The van der Waals surface area contributed by atoms with Gasteiger partial charge in [-0.2, -0.15) is 0 Å². The van der Waals surface area contributed by atoms with Gasteiger partial charge in [0.1, 0.15) is 0 Å². The average molecular weight is 265 g/mol. The van der Waals surface area contributed by atoms with Gasteiger partial charge in [0.15, 0.2) is 0 Å². The Kier molecular flexibility index (Phi) is 7.05. The normalized spacial score (nSPS) is 21.8. The predicted octanol–water partition coefficient (Wildman–Crippen LogP) is 1.29. The topological polar surface area (TPSA) is 41.6 Å². The molecule has 1 N–H and O–H groups in total.